The van der Waals surface area contributed by atoms with E-state index < -0.39 is 11.9 Å². The highest BCUT2D eigenvalue weighted by molar-refractivity contribution is 7.57. The van der Waals surface area contributed by atoms with Crippen LogP contribution in [-0.2, 0) is 9.59 Å². The van der Waals surface area contributed by atoms with Gasteiger partial charge in [0, 0.05) is 0 Å². The van der Waals surface area contributed by atoms with E-state index in [-0.39, 0.29) is 0 Å². The third-order valence-electron chi connectivity index (χ3n) is 15.6. The SMILES string of the molecule is O=C(O)C(=O)O.c1ccc2cc3c(ccc4cccc(Pc5cccc6ccc7cc8ccccc8cc7c56)c43)cc2c1.c1ccc2cc3c(ccc4cccc(Pc5cccc6ccc7cc8ccccc8cc7c56)c43)cc2c1. The van der Waals surface area contributed by atoms with Crippen LogP contribution in [-0.4, -0.2) is 22.2 Å². The Hall–Kier alpha value is -9.56. The predicted molar refractivity (Wildman–Crippen MR) is 346 cm³/mol. The molecule has 6 heteroatoms. The lowest BCUT2D eigenvalue weighted by atomic mass is 9.98. The van der Waals surface area contributed by atoms with Gasteiger partial charge in [-0.1, -0.05) is 236 Å². The molecule has 0 unspecified atom stereocenters. The number of aliphatic carboxylic acids is 2. The molecule has 0 atom stereocenters. The molecule has 0 aliphatic rings. The van der Waals surface area contributed by atoms with Gasteiger partial charge in [0.1, 0.15) is 0 Å². The summed E-state index contributed by atoms with van der Waals surface area (Å²) in [4.78, 5) is 18.2. The van der Waals surface area contributed by atoms with Crippen molar-refractivity contribution in [2.24, 2.45) is 0 Å². The molecule has 0 heterocycles. The third-order valence-corrected chi connectivity index (χ3v) is 18.4. The lowest BCUT2D eigenvalue weighted by Crippen LogP contribution is -2.09. The second-order valence-electron chi connectivity index (χ2n) is 20.4. The Morgan fingerprint density at radius 3 is 0.613 bits per heavy atom. The summed E-state index contributed by atoms with van der Waals surface area (Å²) in [5.74, 6) is -3.65. The molecule has 16 aromatic rings. The van der Waals surface area contributed by atoms with E-state index >= 15 is 0 Å². The average Bonchev–Trinajstić information content (AvgIpc) is 3.61. The minimum absolute atomic E-state index is 0.565. The van der Waals surface area contributed by atoms with E-state index in [9.17, 15) is 0 Å². The number of hydrogen-bond acceptors (Lipinski definition) is 2. The van der Waals surface area contributed by atoms with Crippen LogP contribution < -0.4 is 21.2 Å². The van der Waals surface area contributed by atoms with Crippen molar-refractivity contribution in [3.8, 4) is 0 Å². The van der Waals surface area contributed by atoms with Crippen molar-refractivity contribution in [1.82, 2.24) is 0 Å². The molecule has 0 bridgehead atoms. The van der Waals surface area contributed by atoms with Crippen LogP contribution in [0.25, 0.3) is 129 Å². The Morgan fingerprint density at radius 1 is 0.212 bits per heavy atom. The Bertz CT molecular complexity index is 4580. The summed E-state index contributed by atoms with van der Waals surface area (Å²) in [5, 5.41) is 52.1. The summed E-state index contributed by atoms with van der Waals surface area (Å²) in [6.45, 7) is 0. The van der Waals surface area contributed by atoms with Gasteiger partial charge in [-0.05, 0) is 199 Å². The molecular formula is C74H48O4P2. The van der Waals surface area contributed by atoms with Crippen LogP contribution in [0.5, 0.6) is 0 Å². The van der Waals surface area contributed by atoms with Gasteiger partial charge >= 0.3 is 11.9 Å². The summed E-state index contributed by atoms with van der Waals surface area (Å²) in [6, 6.07) is 99.0. The molecule has 0 radical (unpaired) electrons. The maximum atomic E-state index is 9.10. The van der Waals surface area contributed by atoms with Crippen molar-refractivity contribution in [1.29, 1.82) is 0 Å². The van der Waals surface area contributed by atoms with Crippen LogP contribution in [0.4, 0.5) is 0 Å². The molecule has 4 nitrogen and oxygen atoms in total. The van der Waals surface area contributed by atoms with Gasteiger partial charge in [0.25, 0.3) is 0 Å². The van der Waals surface area contributed by atoms with E-state index in [2.05, 4.69) is 267 Å². The highest BCUT2D eigenvalue weighted by atomic mass is 31.1. The molecule has 0 saturated heterocycles. The van der Waals surface area contributed by atoms with Crippen LogP contribution in [0, 0.1) is 0 Å². The van der Waals surface area contributed by atoms with Gasteiger partial charge in [0.05, 0.1) is 0 Å². The van der Waals surface area contributed by atoms with E-state index in [0.717, 1.165) is 0 Å². The van der Waals surface area contributed by atoms with E-state index in [1.165, 1.54) is 150 Å². The molecule has 0 saturated carbocycles. The summed E-state index contributed by atoms with van der Waals surface area (Å²) < 4.78 is 0. The first-order chi connectivity index (χ1) is 39.3. The number of fused-ring (bicyclic) bond motifs is 16. The number of rotatable bonds is 4. The molecule has 0 fully saturated rings. The molecule has 0 amide bonds. The van der Waals surface area contributed by atoms with Gasteiger partial charge in [-0.2, -0.15) is 0 Å². The highest BCUT2D eigenvalue weighted by Crippen LogP contribution is 2.37. The van der Waals surface area contributed by atoms with Crippen molar-refractivity contribution in [2.45, 2.75) is 0 Å². The quantitative estimate of drug-likeness (QED) is 0.0797. The van der Waals surface area contributed by atoms with Gasteiger partial charge in [0.2, 0.25) is 0 Å². The standard InChI is InChI=1S/2C36H23P.C2H2O4/c2*1-3-9-27-21-31-29(19-25(27)7-1)17-15-23-11-5-13-33(35(23)31)37-34-14-6-12-24-16-18-30-20-26-8-2-4-10-28(26)22-32(30)36(24)34;3-1(4)2(5)6/h2*1-22,37H;(H,3,4)(H,5,6). The first-order valence-electron chi connectivity index (χ1n) is 26.7. The number of hydrogen-bond donors (Lipinski definition) is 2. The van der Waals surface area contributed by atoms with Gasteiger partial charge in [-0.15, -0.1) is 0 Å². The highest BCUT2D eigenvalue weighted by Gasteiger charge is 2.15. The minimum atomic E-state index is -1.82. The summed E-state index contributed by atoms with van der Waals surface area (Å²) >= 11 is 0. The zero-order valence-corrected chi connectivity index (χ0v) is 45.1. The van der Waals surface area contributed by atoms with Crippen LogP contribution >= 0.6 is 17.2 Å². The van der Waals surface area contributed by atoms with Crippen molar-refractivity contribution in [3.63, 3.8) is 0 Å². The summed E-state index contributed by atoms with van der Waals surface area (Å²) in [5.41, 5.74) is 0. The number of carboxylic acids is 2. The second-order valence-corrected chi connectivity index (χ2v) is 23.1. The third kappa shape index (κ3) is 8.96. The summed E-state index contributed by atoms with van der Waals surface area (Å²) in [7, 11) is 1.13. The van der Waals surface area contributed by atoms with E-state index in [4.69, 9.17) is 19.8 Å². The van der Waals surface area contributed by atoms with E-state index in [1.807, 2.05) is 0 Å². The fourth-order valence-corrected chi connectivity index (χ4v) is 14.8. The maximum absolute atomic E-state index is 9.10. The molecule has 16 aromatic carbocycles. The van der Waals surface area contributed by atoms with Gasteiger partial charge in [-0.3, -0.25) is 0 Å². The minimum Gasteiger partial charge on any atom is -0.473 e. The summed E-state index contributed by atoms with van der Waals surface area (Å²) in [6.07, 6.45) is 0. The van der Waals surface area contributed by atoms with E-state index in [1.54, 1.807) is 0 Å². The van der Waals surface area contributed by atoms with Crippen LogP contribution in [0.1, 0.15) is 0 Å². The monoisotopic (exact) mass is 1060 g/mol. The Labute approximate surface area is 463 Å². The zero-order chi connectivity index (χ0) is 53.8. The molecule has 16 rings (SSSR count). The first-order valence-corrected chi connectivity index (χ1v) is 28.7. The molecule has 0 aliphatic heterocycles. The molecule has 0 aromatic heterocycles. The number of carbonyl (C=O) groups is 2. The number of carboxylic acid groups (broad SMARTS) is 2. The van der Waals surface area contributed by atoms with Crippen LogP contribution in [0.2, 0.25) is 0 Å². The maximum Gasteiger partial charge on any atom is 0.414 e. The van der Waals surface area contributed by atoms with Crippen molar-refractivity contribution in [2.75, 3.05) is 0 Å². The van der Waals surface area contributed by atoms with Crippen LogP contribution in [0.3, 0.4) is 0 Å². The predicted octanol–water partition coefficient (Wildman–Crippen LogP) is 17.6. The average molecular weight is 1060 g/mol. The number of benzene rings is 16. The molecular weight excluding hydrogens is 1010 g/mol. The molecule has 80 heavy (non-hydrogen) atoms. The van der Waals surface area contributed by atoms with Gasteiger partial charge in [0.15, 0.2) is 0 Å². The zero-order valence-electron chi connectivity index (χ0n) is 43.1. The topological polar surface area (TPSA) is 74.6 Å². The van der Waals surface area contributed by atoms with Crippen molar-refractivity contribution < 1.29 is 19.8 Å². The van der Waals surface area contributed by atoms with Crippen LogP contribution in [0.15, 0.2) is 267 Å². The molecule has 0 spiro atoms. The Morgan fingerprint density at radius 2 is 0.400 bits per heavy atom. The molecule has 2 N–H and O–H groups in total. The smallest absolute Gasteiger partial charge is 0.414 e. The lowest BCUT2D eigenvalue weighted by Gasteiger charge is -2.14. The second kappa shape index (κ2) is 20.3. The van der Waals surface area contributed by atoms with Crippen molar-refractivity contribution in [3.05, 3.63) is 267 Å². The molecule has 0 aliphatic carbocycles. The van der Waals surface area contributed by atoms with E-state index in [0.29, 0.717) is 17.2 Å². The van der Waals surface area contributed by atoms with Gasteiger partial charge < -0.3 is 10.2 Å². The van der Waals surface area contributed by atoms with Gasteiger partial charge in [-0.25, -0.2) is 9.59 Å². The van der Waals surface area contributed by atoms with Crippen molar-refractivity contribution >= 4 is 180 Å². The first kappa shape index (κ1) is 48.8. The Kier molecular flexibility index (Phi) is 12.4. The molecule has 378 valence electrons. The fourth-order valence-electron chi connectivity index (χ4n) is 11.9. The normalized spacial score (nSPS) is 11.6. The Balaban J connectivity index is 0.000000131. The fraction of sp³-hybridized carbons (Fsp3) is 0. The lowest BCUT2D eigenvalue weighted by molar-refractivity contribution is -0.159. The largest absolute Gasteiger partial charge is 0.473 e.